The molecule has 174 valence electrons. The SMILES string of the molecule is Cc1cc(C)c(OCC(=O)N/N=C/c2cccc3c2ccn3S(=O)(=O)c2ccccc2)c(C)c1. The van der Waals surface area contributed by atoms with Crippen LogP contribution in [-0.2, 0) is 14.8 Å². The first kappa shape index (κ1) is 23.3. The molecule has 4 rings (SSSR count). The van der Waals surface area contributed by atoms with Crippen molar-refractivity contribution in [2.45, 2.75) is 25.7 Å². The molecule has 1 aromatic heterocycles. The molecule has 0 bridgehead atoms. The maximum absolute atomic E-state index is 13.0. The van der Waals surface area contributed by atoms with Gasteiger partial charge in [-0.15, -0.1) is 0 Å². The van der Waals surface area contributed by atoms with E-state index in [4.69, 9.17) is 4.74 Å². The van der Waals surface area contributed by atoms with E-state index in [1.165, 1.54) is 16.4 Å². The number of nitrogens with one attached hydrogen (secondary N) is 1. The van der Waals surface area contributed by atoms with Crippen LogP contribution in [0.1, 0.15) is 22.3 Å². The Bertz CT molecular complexity index is 1470. The van der Waals surface area contributed by atoms with Crippen LogP contribution >= 0.6 is 0 Å². The molecule has 0 atom stereocenters. The number of ether oxygens (including phenoxy) is 1. The Morgan fingerprint density at radius 2 is 1.71 bits per heavy atom. The molecule has 3 aromatic carbocycles. The van der Waals surface area contributed by atoms with E-state index in [0.29, 0.717) is 22.2 Å². The second kappa shape index (κ2) is 9.52. The summed E-state index contributed by atoms with van der Waals surface area (Å²) in [6, 6.07) is 19.2. The molecule has 7 nitrogen and oxygen atoms in total. The Kier molecular flexibility index (Phi) is 6.51. The molecule has 0 radical (unpaired) electrons. The van der Waals surface area contributed by atoms with E-state index in [-0.39, 0.29) is 11.5 Å². The van der Waals surface area contributed by atoms with E-state index in [2.05, 4.69) is 10.5 Å². The lowest BCUT2D eigenvalue weighted by Gasteiger charge is -2.12. The minimum absolute atomic E-state index is 0.169. The molecular formula is C26H25N3O4S. The van der Waals surface area contributed by atoms with Gasteiger partial charge in [0, 0.05) is 17.1 Å². The van der Waals surface area contributed by atoms with Gasteiger partial charge in [0.05, 0.1) is 16.6 Å². The van der Waals surface area contributed by atoms with Gasteiger partial charge in [-0.1, -0.05) is 48.0 Å². The average Bonchev–Trinajstić information content (AvgIpc) is 3.25. The van der Waals surface area contributed by atoms with Crippen LogP contribution in [0.5, 0.6) is 5.75 Å². The van der Waals surface area contributed by atoms with Gasteiger partial charge in [0.15, 0.2) is 6.61 Å². The number of aromatic nitrogens is 1. The fourth-order valence-corrected chi connectivity index (χ4v) is 5.30. The van der Waals surface area contributed by atoms with Crippen LogP contribution in [0.25, 0.3) is 10.9 Å². The number of hydrogen-bond donors (Lipinski definition) is 1. The van der Waals surface area contributed by atoms with Crippen LogP contribution in [-0.4, -0.2) is 31.1 Å². The van der Waals surface area contributed by atoms with Crippen LogP contribution in [0.2, 0.25) is 0 Å². The molecule has 0 aliphatic carbocycles. The predicted octanol–water partition coefficient (Wildman–Crippen LogP) is 4.33. The van der Waals surface area contributed by atoms with E-state index < -0.39 is 15.9 Å². The van der Waals surface area contributed by atoms with Gasteiger partial charge in [-0.05, 0) is 56.2 Å². The summed E-state index contributed by atoms with van der Waals surface area (Å²) >= 11 is 0. The summed E-state index contributed by atoms with van der Waals surface area (Å²) in [7, 11) is -3.73. The zero-order chi connectivity index (χ0) is 24.3. The zero-order valence-electron chi connectivity index (χ0n) is 19.1. The summed E-state index contributed by atoms with van der Waals surface area (Å²) in [5, 5.41) is 4.73. The molecule has 0 saturated heterocycles. The lowest BCUT2D eigenvalue weighted by Crippen LogP contribution is -2.25. The quantitative estimate of drug-likeness (QED) is 0.318. The molecule has 0 spiro atoms. The minimum Gasteiger partial charge on any atom is -0.483 e. The highest BCUT2D eigenvalue weighted by Gasteiger charge is 2.19. The number of fused-ring (bicyclic) bond motifs is 1. The molecule has 0 aliphatic rings. The van der Waals surface area contributed by atoms with Gasteiger partial charge in [-0.25, -0.2) is 17.8 Å². The fraction of sp³-hybridized carbons (Fsp3) is 0.154. The monoisotopic (exact) mass is 475 g/mol. The fourth-order valence-electron chi connectivity index (χ4n) is 3.93. The third-order valence-electron chi connectivity index (χ3n) is 5.38. The smallest absolute Gasteiger partial charge is 0.277 e. The van der Waals surface area contributed by atoms with Gasteiger partial charge in [-0.3, -0.25) is 4.79 Å². The Hall–Kier alpha value is -3.91. The van der Waals surface area contributed by atoms with Gasteiger partial charge in [0.25, 0.3) is 15.9 Å². The maximum atomic E-state index is 13.0. The molecule has 1 heterocycles. The lowest BCUT2D eigenvalue weighted by molar-refractivity contribution is -0.123. The van der Waals surface area contributed by atoms with Gasteiger partial charge in [0.1, 0.15) is 5.75 Å². The van der Waals surface area contributed by atoms with E-state index >= 15 is 0 Å². The lowest BCUT2D eigenvalue weighted by atomic mass is 10.1. The highest BCUT2D eigenvalue weighted by molar-refractivity contribution is 7.90. The summed E-state index contributed by atoms with van der Waals surface area (Å²) in [6.45, 7) is 5.72. The first-order valence-electron chi connectivity index (χ1n) is 10.7. The Balaban J connectivity index is 1.48. The number of benzene rings is 3. The number of rotatable bonds is 7. The molecule has 0 fully saturated rings. The molecule has 0 unspecified atom stereocenters. The normalized spacial score (nSPS) is 11.7. The molecule has 1 N–H and O–H groups in total. The Morgan fingerprint density at radius 3 is 2.41 bits per heavy atom. The summed E-state index contributed by atoms with van der Waals surface area (Å²) in [4.78, 5) is 12.4. The molecule has 8 heteroatoms. The van der Waals surface area contributed by atoms with Gasteiger partial charge in [0.2, 0.25) is 0 Å². The first-order valence-corrected chi connectivity index (χ1v) is 12.1. The summed E-state index contributed by atoms with van der Waals surface area (Å²) in [5.74, 6) is 0.294. The second-order valence-electron chi connectivity index (χ2n) is 8.02. The molecule has 0 saturated carbocycles. The van der Waals surface area contributed by atoms with Crippen LogP contribution < -0.4 is 10.2 Å². The number of nitrogens with zero attached hydrogens (tertiary/aromatic N) is 2. The number of carbonyl (C=O) groups excluding carboxylic acids is 1. The van der Waals surface area contributed by atoms with Crippen molar-refractivity contribution in [2.75, 3.05) is 6.61 Å². The molecule has 4 aromatic rings. The summed E-state index contributed by atoms with van der Waals surface area (Å²) in [5.41, 5.74) is 6.72. The molecular weight excluding hydrogens is 450 g/mol. The number of amides is 1. The molecule has 34 heavy (non-hydrogen) atoms. The van der Waals surface area contributed by atoms with E-state index in [0.717, 1.165) is 16.7 Å². The van der Waals surface area contributed by atoms with Gasteiger partial charge < -0.3 is 4.74 Å². The average molecular weight is 476 g/mol. The van der Waals surface area contributed by atoms with Crippen LogP contribution in [0.3, 0.4) is 0 Å². The minimum atomic E-state index is -3.73. The van der Waals surface area contributed by atoms with Crippen LogP contribution in [0, 0.1) is 20.8 Å². The predicted molar refractivity (Wildman–Crippen MR) is 133 cm³/mol. The van der Waals surface area contributed by atoms with Crippen LogP contribution in [0.4, 0.5) is 0 Å². The van der Waals surface area contributed by atoms with Gasteiger partial charge in [-0.2, -0.15) is 5.10 Å². The van der Waals surface area contributed by atoms with Crippen molar-refractivity contribution in [3.8, 4) is 5.75 Å². The van der Waals surface area contributed by atoms with E-state index in [1.54, 1.807) is 54.6 Å². The summed E-state index contributed by atoms with van der Waals surface area (Å²) < 4.78 is 33.0. The van der Waals surface area contributed by atoms with Crippen LogP contribution in [0.15, 0.2) is 82.9 Å². The number of aryl methyl sites for hydroxylation is 3. The van der Waals surface area contributed by atoms with Crippen molar-refractivity contribution in [1.82, 2.24) is 9.40 Å². The molecule has 1 amide bonds. The van der Waals surface area contributed by atoms with Crippen molar-refractivity contribution in [2.24, 2.45) is 5.10 Å². The molecule has 0 aliphatic heterocycles. The van der Waals surface area contributed by atoms with Crippen molar-refractivity contribution < 1.29 is 17.9 Å². The summed E-state index contributed by atoms with van der Waals surface area (Å²) in [6.07, 6.45) is 3.01. The number of carbonyl (C=O) groups is 1. The highest BCUT2D eigenvalue weighted by Crippen LogP contribution is 2.25. The van der Waals surface area contributed by atoms with Crippen molar-refractivity contribution >= 4 is 33.0 Å². The third kappa shape index (κ3) is 4.72. The standard InChI is InChI=1S/C26H25N3O4S/c1-18-14-19(2)26(20(3)15-18)33-17-25(30)28-27-16-21-8-7-11-24-23(21)12-13-29(24)34(31,32)22-9-5-4-6-10-22/h4-16H,17H2,1-3H3,(H,28,30)/b27-16+. The van der Waals surface area contributed by atoms with Crippen molar-refractivity contribution in [3.05, 3.63) is 95.2 Å². The number of hydrogen-bond acceptors (Lipinski definition) is 5. The second-order valence-corrected chi connectivity index (χ2v) is 9.83. The topological polar surface area (TPSA) is 89.8 Å². The van der Waals surface area contributed by atoms with Gasteiger partial charge >= 0.3 is 0 Å². The highest BCUT2D eigenvalue weighted by atomic mass is 32.2. The Labute approximate surface area is 198 Å². The van der Waals surface area contributed by atoms with Crippen molar-refractivity contribution in [3.63, 3.8) is 0 Å². The third-order valence-corrected chi connectivity index (χ3v) is 7.08. The van der Waals surface area contributed by atoms with E-state index in [9.17, 15) is 13.2 Å². The largest absolute Gasteiger partial charge is 0.483 e. The zero-order valence-corrected chi connectivity index (χ0v) is 20.0. The maximum Gasteiger partial charge on any atom is 0.277 e. The van der Waals surface area contributed by atoms with Crippen molar-refractivity contribution in [1.29, 1.82) is 0 Å². The Morgan fingerprint density at radius 1 is 1.00 bits per heavy atom. The number of hydrazone groups is 1. The first-order chi connectivity index (χ1) is 16.3. The van der Waals surface area contributed by atoms with E-state index in [1.807, 2.05) is 32.9 Å².